The van der Waals surface area contributed by atoms with Gasteiger partial charge >= 0.3 is 0 Å². The SMILES string of the molecule is CNc1cc(Oc2ccc([N+](=O)[O-])c(C)c2)nc(C)n1. The molecule has 1 aromatic heterocycles. The van der Waals surface area contributed by atoms with E-state index in [0.717, 1.165) is 0 Å². The van der Waals surface area contributed by atoms with Crippen LogP contribution in [0.2, 0.25) is 0 Å². The Morgan fingerprint density at radius 3 is 2.60 bits per heavy atom. The number of nitro benzene ring substituents is 1. The van der Waals surface area contributed by atoms with Crippen LogP contribution < -0.4 is 10.1 Å². The number of hydrogen-bond acceptors (Lipinski definition) is 6. The lowest BCUT2D eigenvalue weighted by Crippen LogP contribution is -1.99. The van der Waals surface area contributed by atoms with Crippen LogP contribution in [0.15, 0.2) is 24.3 Å². The second-order valence-electron chi connectivity index (χ2n) is 4.20. The number of aryl methyl sites for hydroxylation is 2. The molecule has 0 radical (unpaired) electrons. The van der Waals surface area contributed by atoms with E-state index in [-0.39, 0.29) is 5.69 Å². The van der Waals surface area contributed by atoms with Crippen molar-refractivity contribution in [2.24, 2.45) is 0 Å². The zero-order valence-electron chi connectivity index (χ0n) is 11.4. The maximum atomic E-state index is 10.8. The minimum Gasteiger partial charge on any atom is -0.439 e. The highest BCUT2D eigenvalue weighted by Crippen LogP contribution is 2.27. The predicted molar refractivity (Wildman–Crippen MR) is 74.2 cm³/mol. The zero-order valence-corrected chi connectivity index (χ0v) is 11.4. The number of benzene rings is 1. The molecule has 0 aliphatic heterocycles. The fourth-order valence-corrected chi connectivity index (χ4v) is 1.74. The summed E-state index contributed by atoms with van der Waals surface area (Å²) in [5.74, 6) is 2.10. The first-order valence-corrected chi connectivity index (χ1v) is 5.96. The summed E-state index contributed by atoms with van der Waals surface area (Å²) in [6.07, 6.45) is 0. The Hall–Kier alpha value is -2.70. The Morgan fingerprint density at radius 1 is 1.25 bits per heavy atom. The van der Waals surface area contributed by atoms with Gasteiger partial charge < -0.3 is 10.1 Å². The summed E-state index contributed by atoms with van der Waals surface area (Å²) in [4.78, 5) is 18.6. The molecule has 0 saturated carbocycles. The van der Waals surface area contributed by atoms with Crippen LogP contribution in [0.1, 0.15) is 11.4 Å². The lowest BCUT2D eigenvalue weighted by atomic mass is 10.2. The number of nitrogens with one attached hydrogen (secondary N) is 1. The molecule has 0 unspecified atom stereocenters. The van der Waals surface area contributed by atoms with Crippen molar-refractivity contribution in [2.75, 3.05) is 12.4 Å². The minimum atomic E-state index is -0.424. The molecule has 104 valence electrons. The quantitative estimate of drug-likeness (QED) is 0.681. The number of nitrogens with zero attached hydrogens (tertiary/aromatic N) is 3. The fraction of sp³-hybridized carbons (Fsp3) is 0.231. The van der Waals surface area contributed by atoms with Crippen LogP contribution in [0.3, 0.4) is 0 Å². The summed E-state index contributed by atoms with van der Waals surface area (Å²) in [6.45, 7) is 3.42. The van der Waals surface area contributed by atoms with Crippen molar-refractivity contribution in [2.45, 2.75) is 13.8 Å². The van der Waals surface area contributed by atoms with Gasteiger partial charge in [-0.1, -0.05) is 0 Å². The van der Waals surface area contributed by atoms with Gasteiger partial charge in [0.25, 0.3) is 5.69 Å². The van der Waals surface area contributed by atoms with Gasteiger partial charge in [0.1, 0.15) is 17.4 Å². The van der Waals surface area contributed by atoms with E-state index >= 15 is 0 Å². The molecule has 0 fully saturated rings. The van der Waals surface area contributed by atoms with Crippen LogP contribution in [0.4, 0.5) is 11.5 Å². The number of rotatable bonds is 4. The van der Waals surface area contributed by atoms with E-state index in [1.54, 1.807) is 39.1 Å². The third-order valence-corrected chi connectivity index (χ3v) is 2.66. The van der Waals surface area contributed by atoms with E-state index in [1.807, 2.05) is 0 Å². The van der Waals surface area contributed by atoms with Crippen molar-refractivity contribution in [3.8, 4) is 11.6 Å². The Morgan fingerprint density at radius 2 is 2.00 bits per heavy atom. The van der Waals surface area contributed by atoms with Gasteiger partial charge in [0.05, 0.1) is 4.92 Å². The van der Waals surface area contributed by atoms with E-state index in [1.165, 1.54) is 6.07 Å². The van der Waals surface area contributed by atoms with Crippen molar-refractivity contribution in [3.63, 3.8) is 0 Å². The van der Waals surface area contributed by atoms with Crippen LogP contribution in [0.5, 0.6) is 11.6 Å². The largest absolute Gasteiger partial charge is 0.439 e. The summed E-state index contributed by atoms with van der Waals surface area (Å²) in [5, 5.41) is 13.7. The van der Waals surface area contributed by atoms with E-state index in [9.17, 15) is 10.1 Å². The standard InChI is InChI=1S/C13H14N4O3/c1-8-6-10(4-5-11(8)17(18)19)20-13-7-12(14-3)15-9(2)16-13/h4-7H,1-3H3,(H,14,15,16). The van der Waals surface area contributed by atoms with Crippen LogP contribution in [0.25, 0.3) is 0 Å². The topological polar surface area (TPSA) is 90.2 Å². The van der Waals surface area contributed by atoms with Gasteiger partial charge in [-0.15, -0.1) is 0 Å². The van der Waals surface area contributed by atoms with Crippen molar-refractivity contribution in [3.05, 3.63) is 45.8 Å². The van der Waals surface area contributed by atoms with Crippen LogP contribution in [0, 0.1) is 24.0 Å². The molecule has 7 heteroatoms. The molecule has 1 N–H and O–H groups in total. The zero-order chi connectivity index (χ0) is 14.7. The van der Waals surface area contributed by atoms with Crippen LogP contribution >= 0.6 is 0 Å². The molecular weight excluding hydrogens is 260 g/mol. The van der Waals surface area contributed by atoms with E-state index in [2.05, 4.69) is 15.3 Å². The highest BCUT2D eigenvalue weighted by molar-refractivity contribution is 5.46. The first kappa shape index (κ1) is 13.7. The molecule has 2 aromatic rings. The van der Waals surface area contributed by atoms with Gasteiger partial charge in [0.15, 0.2) is 0 Å². The second-order valence-corrected chi connectivity index (χ2v) is 4.20. The Bertz CT molecular complexity index is 658. The van der Waals surface area contributed by atoms with Crippen LogP contribution in [-0.4, -0.2) is 21.9 Å². The molecule has 1 heterocycles. The van der Waals surface area contributed by atoms with Crippen LogP contribution in [-0.2, 0) is 0 Å². The van der Waals surface area contributed by atoms with Crippen molar-refractivity contribution >= 4 is 11.5 Å². The van der Waals surface area contributed by atoms with Gasteiger partial charge in [-0.3, -0.25) is 10.1 Å². The lowest BCUT2D eigenvalue weighted by Gasteiger charge is -2.08. The smallest absolute Gasteiger partial charge is 0.272 e. The Kier molecular flexibility index (Phi) is 3.79. The molecule has 0 saturated heterocycles. The molecule has 0 bridgehead atoms. The molecule has 7 nitrogen and oxygen atoms in total. The fourth-order valence-electron chi connectivity index (χ4n) is 1.74. The van der Waals surface area contributed by atoms with Gasteiger partial charge in [-0.25, -0.2) is 4.98 Å². The number of ether oxygens (including phenoxy) is 1. The van der Waals surface area contributed by atoms with E-state index < -0.39 is 4.92 Å². The van der Waals surface area contributed by atoms with Crippen molar-refractivity contribution < 1.29 is 9.66 Å². The summed E-state index contributed by atoms with van der Waals surface area (Å²) >= 11 is 0. The van der Waals surface area contributed by atoms with Gasteiger partial charge in [-0.05, 0) is 26.0 Å². The molecule has 0 amide bonds. The third kappa shape index (κ3) is 3.00. The van der Waals surface area contributed by atoms with Gasteiger partial charge in [0.2, 0.25) is 5.88 Å². The average molecular weight is 274 g/mol. The molecule has 0 atom stereocenters. The number of hydrogen-bond donors (Lipinski definition) is 1. The van der Waals surface area contributed by atoms with Crippen molar-refractivity contribution in [1.82, 2.24) is 9.97 Å². The summed E-state index contributed by atoms with van der Waals surface area (Å²) in [6, 6.07) is 6.22. The summed E-state index contributed by atoms with van der Waals surface area (Å²) < 4.78 is 5.60. The lowest BCUT2D eigenvalue weighted by molar-refractivity contribution is -0.385. The molecule has 2 rings (SSSR count). The highest BCUT2D eigenvalue weighted by Gasteiger charge is 2.11. The first-order chi connectivity index (χ1) is 9.49. The first-order valence-electron chi connectivity index (χ1n) is 5.96. The maximum absolute atomic E-state index is 10.8. The monoisotopic (exact) mass is 274 g/mol. The normalized spacial score (nSPS) is 10.2. The average Bonchev–Trinajstić information content (AvgIpc) is 2.37. The number of nitro groups is 1. The van der Waals surface area contributed by atoms with Gasteiger partial charge in [-0.2, -0.15) is 4.98 Å². The molecule has 0 spiro atoms. The van der Waals surface area contributed by atoms with Gasteiger partial charge in [0, 0.05) is 24.7 Å². The second kappa shape index (κ2) is 5.52. The van der Waals surface area contributed by atoms with E-state index in [4.69, 9.17) is 4.74 Å². The number of anilines is 1. The molecule has 0 aliphatic carbocycles. The highest BCUT2D eigenvalue weighted by atomic mass is 16.6. The molecule has 1 aromatic carbocycles. The molecule has 20 heavy (non-hydrogen) atoms. The maximum Gasteiger partial charge on any atom is 0.272 e. The minimum absolute atomic E-state index is 0.0622. The molecular formula is C13H14N4O3. The third-order valence-electron chi connectivity index (χ3n) is 2.66. The van der Waals surface area contributed by atoms with E-state index in [0.29, 0.717) is 28.8 Å². The van der Waals surface area contributed by atoms with Crippen molar-refractivity contribution in [1.29, 1.82) is 0 Å². The Balaban J connectivity index is 2.28. The Labute approximate surface area is 115 Å². The summed E-state index contributed by atoms with van der Waals surface area (Å²) in [7, 11) is 1.75. The number of aromatic nitrogens is 2. The predicted octanol–water partition coefficient (Wildman–Crippen LogP) is 2.84. The summed E-state index contributed by atoms with van der Waals surface area (Å²) in [5.41, 5.74) is 0.597. The molecule has 0 aliphatic rings.